The normalized spacial score (nSPS) is 11.0. The summed E-state index contributed by atoms with van der Waals surface area (Å²) in [5.74, 6) is -1.32. The van der Waals surface area contributed by atoms with Gasteiger partial charge < -0.3 is 0 Å². The molecule has 0 spiro atoms. The van der Waals surface area contributed by atoms with Crippen LogP contribution < -0.4 is 5.43 Å². The number of unbranched alkanes of at least 4 members (excludes halogenated alkanes) is 2. The van der Waals surface area contributed by atoms with Crippen LogP contribution in [0, 0.1) is 0 Å². The molecule has 0 aromatic heterocycles. The molecule has 7 heteroatoms. The van der Waals surface area contributed by atoms with Gasteiger partial charge in [0.2, 0.25) is 0 Å². The first-order chi connectivity index (χ1) is 12.5. The third kappa shape index (κ3) is 4.92. The number of amides is 2. The minimum Gasteiger partial charge on any atom is -0.272 e. The fourth-order valence-electron chi connectivity index (χ4n) is 2.33. The molecule has 0 saturated heterocycles. The number of hydrogen-bond donors (Lipinski definition) is 1. The molecule has 138 valence electrons. The van der Waals surface area contributed by atoms with Gasteiger partial charge in [0, 0.05) is 12.0 Å². The van der Waals surface area contributed by atoms with E-state index in [2.05, 4.69) is 5.43 Å². The molecule has 0 fully saturated rings. The smallest absolute Gasteiger partial charge is 0.272 e. The van der Waals surface area contributed by atoms with Crippen molar-refractivity contribution < 1.29 is 18.0 Å². The molecule has 2 aromatic rings. The molecule has 6 nitrogen and oxygen atoms in total. The molecule has 2 rings (SSSR count). The number of hydrogen-bond acceptors (Lipinski definition) is 4. The maximum atomic E-state index is 12.9. The summed E-state index contributed by atoms with van der Waals surface area (Å²) in [6.45, 7) is 1.99. The van der Waals surface area contributed by atoms with Crippen molar-refractivity contribution in [3.63, 3.8) is 0 Å². The molecule has 0 atom stereocenters. The Bertz CT molecular complexity index is 836. The molecule has 0 aliphatic rings. The Morgan fingerprint density at radius 3 is 2.08 bits per heavy atom. The molecule has 0 saturated carbocycles. The van der Waals surface area contributed by atoms with Crippen molar-refractivity contribution in [2.24, 2.45) is 0 Å². The zero-order chi connectivity index (χ0) is 19.0. The van der Waals surface area contributed by atoms with E-state index in [9.17, 15) is 18.0 Å². The monoisotopic (exact) mass is 374 g/mol. The number of carbonyl (C=O) groups is 2. The van der Waals surface area contributed by atoms with Crippen LogP contribution in [0.4, 0.5) is 0 Å². The number of sulfonamides is 1. The molecule has 0 unspecified atom stereocenters. The van der Waals surface area contributed by atoms with Gasteiger partial charge in [0.15, 0.2) is 0 Å². The van der Waals surface area contributed by atoms with Gasteiger partial charge in [-0.05, 0) is 30.7 Å². The number of hydrazine groups is 1. The van der Waals surface area contributed by atoms with Crippen molar-refractivity contribution in [1.82, 2.24) is 9.84 Å². The van der Waals surface area contributed by atoms with Gasteiger partial charge in [-0.2, -0.15) is 8.42 Å². The second kappa shape index (κ2) is 9.15. The van der Waals surface area contributed by atoms with E-state index in [-0.39, 0.29) is 16.9 Å². The van der Waals surface area contributed by atoms with E-state index < -0.39 is 21.8 Å². The highest BCUT2D eigenvalue weighted by Crippen LogP contribution is 2.16. The summed E-state index contributed by atoms with van der Waals surface area (Å²) < 4.78 is 26.2. The molecule has 0 radical (unpaired) electrons. The summed E-state index contributed by atoms with van der Waals surface area (Å²) in [6.07, 6.45) is 2.29. The van der Waals surface area contributed by atoms with Gasteiger partial charge in [-0.15, -0.1) is 4.41 Å². The van der Waals surface area contributed by atoms with Gasteiger partial charge in [0.25, 0.3) is 21.8 Å². The molecular formula is C19H22N2O4S. The lowest BCUT2D eigenvalue weighted by molar-refractivity contribution is -0.128. The molecule has 1 N–H and O–H groups in total. The molecule has 2 aromatic carbocycles. The number of rotatable bonds is 7. The van der Waals surface area contributed by atoms with Gasteiger partial charge in [-0.25, -0.2) is 5.43 Å². The van der Waals surface area contributed by atoms with Crippen LogP contribution >= 0.6 is 0 Å². The zero-order valence-corrected chi connectivity index (χ0v) is 15.4. The predicted octanol–water partition coefficient (Wildman–Crippen LogP) is 3.13. The maximum absolute atomic E-state index is 12.9. The van der Waals surface area contributed by atoms with E-state index in [4.69, 9.17) is 0 Å². The van der Waals surface area contributed by atoms with E-state index in [0.29, 0.717) is 10.8 Å². The van der Waals surface area contributed by atoms with Crippen molar-refractivity contribution in [3.8, 4) is 0 Å². The van der Waals surface area contributed by atoms with Crippen LogP contribution in [0.3, 0.4) is 0 Å². The van der Waals surface area contributed by atoms with Crippen LogP contribution in [-0.4, -0.2) is 24.6 Å². The first kappa shape index (κ1) is 19.7. The Morgan fingerprint density at radius 1 is 0.923 bits per heavy atom. The van der Waals surface area contributed by atoms with Gasteiger partial charge in [0.1, 0.15) is 0 Å². The van der Waals surface area contributed by atoms with Gasteiger partial charge in [0.05, 0.1) is 4.90 Å². The highest BCUT2D eigenvalue weighted by atomic mass is 32.2. The topological polar surface area (TPSA) is 83.6 Å². The molecular weight excluding hydrogens is 352 g/mol. The summed E-state index contributed by atoms with van der Waals surface area (Å²) in [7, 11) is -4.19. The van der Waals surface area contributed by atoms with E-state index in [1.54, 1.807) is 48.5 Å². The number of nitrogens with zero attached hydrogens (tertiary/aromatic N) is 1. The van der Waals surface area contributed by atoms with Crippen LogP contribution in [0.25, 0.3) is 0 Å². The first-order valence-corrected chi connectivity index (χ1v) is 9.90. The molecule has 0 aliphatic heterocycles. The number of benzene rings is 2. The van der Waals surface area contributed by atoms with Crippen molar-refractivity contribution in [1.29, 1.82) is 0 Å². The summed E-state index contributed by atoms with van der Waals surface area (Å²) in [5.41, 5.74) is 2.52. The SMILES string of the molecule is CCCCCC(=O)N(NC(=O)c1ccccc1)S(=O)(=O)c1ccccc1. The van der Waals surface area contributed by atoms with Crippen molar-refractivity contribution in [2.45, 2.75) is 37.5 Å². The fraction of sp³-hybridized carbons (Fsp3) is 0.263. The summed E-state index contributed by atoms with van der Waals surface area (Å²) in [5, 5.41) is 0. The Labute approximate surface area is 153 Å². The zero-order valence-electron chi connectivity index (χ0n) is 14.6. The fourth-order valence-corrected chi connectivity index (χ4v) is 3.60. The Balaban J connectivity index is 2.30. The average molecular weight is 374 g/mol. The lowest BCUT2D eigenvalue weighted by atomic mass is 10.2. The quantitative estimate of drug-likeness (QED) is 0.596. The standard InChI is InChI=1S/C19H22N2O4S/c1-2-3-6-15-18(22)21(20-19(23)16-11-7-4-8-12-16)26(24,25)17-13-9-5-10-14-17/h4-5,7-14H,2-3,6,15H2,1H3,(H,20,23). The van der Waals surface area contributed by atoms with E-state index in [0.717, 1.165) is 12.8 Å². The van der Waals surface area contributed by atoms with Crippen LogP contribution in [0.1, 0.15) is 43.0 Å². The van der Waals surface area contributed by atoms with E-state index in [1.807, 2.05) is 6.92 Å². The average Bonchev–Trinajstić information content (AvgIpc) is 2.67. The number of nitrogens with one attached hydrogen (secondary N) is 1. The molecule has 2 amide bonds. The first-order valence-electron chi connectivity index (χ1n) is 8.46. The second-order valence-electron chi connectivity index (χ2n) is 5.74. The van der Waals surface area contributed by atoms with Crippen LogP contribution in [0.5, 0.6) is 0 Å². The van der Waals surface area contributed by atoms with Gasteiger partial charge >= 0.3 is 0 Å². The lowest BCUT2D eigenvalue weighted by Gasteiger charge is -2.23. The molecule has 0 aliphatic carbocycles. The third-order valence-electron chi connectivity index (χ3n) is 3.74. The van der Waals surface area contributed by atoms with Crippen molar-refractivity contribution in [2.75, 3.05) is 0 Å². The summed E-state index contributed by atoms with van der Waals surface area (Å²) in [6, 6.07) is 15.7. The Kier molecular flexibility index (Phi) is 6.91. The summed E-state index contributed by atoms with van der Waals surface area (Å²) >= 11 is 0. The van der Waals surface area contributed by atoms with Gasteiger partial charge in [-0.1, -0.05) is 56.2 Å². The van der Waals surface area contributed by atoms with Crippen LogP contribution in [-0.2, 0) is 14.8 Å². The minimum atomic E-state index is -4.19. The largest absolute Gasteiger partial charge is 0.284 e. The second-order valence-corrected chi connectivity index (χ2v) is 7.53. The third-order valence-corrected chi connectivity index (χ3v) is 5.38. The van der Waals surface area contributed by atoms with Gasteiger partial charge in [-0.3, -0.25) is 9.59 Å². The number of carbonyl (C=O) groups excluding carboxylic acids is 2. The maximum Gasteiger partial charge on any atom is 0.284 e. The molecule has 26 heavy (non-hydrogen) atoms. The summed E-state index contributed by atoms with van der Waals surface area (Å²) in [4.78, 5) is 24.9. The Morgan fingerprint density at radius 2 is 1.50 bits per heavy atom. The Hall–Kier alpha value is -2.67. The highest BCUT2D eigenvalue weighted by Gasteiger charge is 2.30. The van der Waals surface area contributed by atoms with Crippen LogP contribution in [0.15, 0.2) is 65.6 Å². The minimum absolute atomic E-state index is 0.0367. The molecule has 0 bridgehead atoms. The van der Waals surface area contributed by atoms with Crippen LogP contribution in [0.2, 0.25) is 0 Å². The lowest BCUT2D eigenvalue weighted by Crippen LogP contribution is -2.49. The molecule has 0 heterocycles. The van der Waals surface area contributed by atoms with E-state index in [1.165, 1.54) is 12.1 Å². The van der Waals surface area contributed by atoms with Crippen molar-refractivity contribution in [3.05, 3.63) is 66.2 Å². The highest BCUT2D eigenvalue weighted by molar-refractivity contribution is 7.89. The van der Waals surface area contributed by atoms with Crippen molar-refractivity contribution >= 4 is 21.8 Å². The predicted molar refractivity (Wildman–Crippen MR) is 98.5 cm³/mol. The van der Waals surface area contributed by atoms with E-state index >= 15 is 0 Å².